The fraction of sp³-hybridized carbons (Fsp3) is 0.545. The molecule has 0 amide bonds. The van der Waals surface area contributed by atoms with Gasteiger partial charge in [0.15, 0.2) is 0 Å². The van der Waals surface area contributed by atoms with Crippen LogP contribution in [0.2, 0.25) is 0 Å². The molecular formula is C11H17NO5S. The van der Waals surface area contributed by atoms with E-state index in [0.717, 1.165) is 12.1 Å². The summed E-state index contributed by atoms with van der Waals surface area (Å²) in [6.07, 6.45) is 0. The Kier molecular flexibility index (Phi) is 4.53. The number of hydrogen-bond donors (Lipinski definition) is 2. The van der Waals surface area contributed by atoms with E-state index in [0.29, 0.717) is 5.92 Å². The van der Waals surface area contributed by atoms with Gasteiger partial charge in [-0.1, -0.05) is 20.8 Å². The van der Waals surface area contributed by atoms with Crippen LogP contribution in [0.5, 0.6) is 0 Å². The smallest absolute Gasteiger partial charge is 0.371 e. The van der Waals surface area contributed by atoms with E-state index < -0.39 is 21.8 Å². The van der Waals surface area contributed by atoms with Gasteiger partial charge in [-0.05, 0) is 24.0 Å². The van der Waals surface area contributed by atoms with Crippen LogP contribution in [0.1, 0.15) is 31.3 Å². The Morgan fingerprint density at radius 2 is 2.00 bits per heavy atom. The maximum absolute atomic E-state index is 11.8. The quantitative estimate of drug-likeness (QED) is 0.821. The first kappa shape index (κ1) is 14.7. The molecule has 1 heterocycles. The topological polar surface area (TPSA) is 96.6 Å². The predicted octanol–water partition coefficient (Wildman–Crippen LogP) is 1.55. The van der Waals surface area contributed by atoms with Crippen LogP contribution in [0.3, 0.4) is 0 Å². The summed E-state index contributed by atoms with van der Waals surface area (Å²) in [6.45, 7) is 6.20. The van der Waals surface area contributed by atoms with Crippen molar-refractivity contribution in [3.63, 3.8) is 0 Å². The van der Waals surface area contributed by atoms with Crippen LogP contribution in [0.25, 0.3) is 0 Å². The van der Waals surface area contributed by atoms with Gasteiger partial charge < -0.3 is 9.52 Å². The van der Waals surface area contributed by atoms with Crippen molar-refractivity contribution in [1.82, 2.24) is 4.72 Å². The van der Waals surface area contributed by atoms with Crippen molar-refractivity contribution < 1.29 is 22.7 Å². The Bertz CT molecular complexity index is 517. The van der Waals surface area contributed by atoms with E-state index in [4.69, 9.17) is 9.52 Å². The van der Waals surface area contributed by atoms with Crippen molar-refractivity contribution in [2.75, 3.05) is 6.54 Å². The average Bonchev–Trinajstić information content (AvgIpc) is 2.75. The molecule has 2 N–H and O–H groups in total. The van der Waals surface area contributed by atoms with Gasteiger partial charge in [0.2, 0.25) is 10.9 Å². The highest BCUT2D eigenvalue weighted by Gasteiger charge is 2.21. The van der Waals surface area contributed by atoms with Crippen molar-refractivity contribution in [3.8, 4) is 0 Å². The molecule has 102 valence electrons. The first-order chi connectivity index (χ1) is 8.24. The Morgan fingerprint density at radius 1 is 1.39 bits per heavy atom. The predicted molar refractivity (Wildman–Crippen MR) is 64.9 cm³/mol. The third-order valence-electron chi connectivity index (χ3n) is 2.79. The lowest BCUT2D eigenvalue weighted by atomic mass is 9.99. The minimum atomic E-state index is -3.78. The number of sulfonamides is 1. The van der Waals surface area contributed by atoms with Crippen LogP contribution in [-0.4, -0.2) is 26.0 Å². The van der Waals surface area contributed by atoms with E-state index >= 15 is 0 Å². The summed E-state index contributed by atoms with van der Waals surface area (Å²) in [5.41, 5.74) is 0. The Morgan fingerprint density at radius 3 is 2.44 bits per heavy atom. The molecule has 0 saturated carbocycles. The third-order valence-corrected chi connectivity index (χ3v) is 4.09. The van der Waals surface area contributed by atoms with E-state index in [1.54, 1.807) is 0 Å². The zero-order valence-electron chi connectivity index (χ0n) is 10.5. The maximum Gasteiger partial charge on any atom is 0.371 e. The minimum Gasteiger partial charge on any atom is -0.475 e. The zero-order chi connectivity index (χ0) is 13.9. The van der Waals surface area contributed by atoms with E-state index in [1.807, 2.05) is 20.8 Å². The molecule has 0 bridgehead atoms. The van der Waals surface area contributed by atoms with Gasteiger partial charge in [0, 0.05) is 6.54 Å². The van der Waals surface area contributed by atoms with Crippen molar-refractivity contribution >= 4 is 16.0 Å². The maximum atomic E-state index is 11.8. The molecule has 0 aromatic carbocycles. The Balaban J connectivity index is 2.77. The molecule has 18 heavy (non-hydrogen) atoms. The molecule has 1 aromatic rings. The van der Waals surface area contributed by atoms with Gasteiger partial charge in [-0.3, -0.25) is 0 Å². The second kappa shape index (κ2) is 5.53. The molecule has 0 aliphatic rings. The van der Waals surface area contributed by atoms with Crippen molar-refractivity contribution in [2.45, 2.75) is 25.9 Å². The van der Waals surface area contributed by atoms with Gasteiger partial charge in [-0.2, -0.15) is 0 Å². The van der Waals surface area contributed by atoms with E-state index in [2.05, 4.69) is 4.72 Å². The fourth-order valence-electron chi connectivity index (χ4n) is 1.13. The third kappa shape index (κ3) is 3.58. The number of nitrogens with one attached hydrogen (secondary N) is 1. The first-order valence-electron chi connectivity index (χ1n) is 5.57. The first-order valence-corrected chi connectivity index (χ1v) is 7.05. The molecule has 0 aliphatic heterocycles. The Labute approximate surface area is 106 Å². The largest absolute Gasteiger partial charge is 0.475 e. The number of furan rings is 1. The highest BCUT2D eigenvalue weighted by Crippen LogP contribution is 2.15. The molecule has 1 unspecified atom stereocenters. The highest BCUT2D eigenvalue weighted by atomic mass is 32.2. The van der Waals surface area contributed by atoms with Gasteiger partial charge in [-0.15, -0.1) is 0 Å². The molecule has 0 radical (unpaired) electrons. The molecule has 0 spiro atoms. The number of aromatic carboxylic acids is 1. The highest BCUT2D eigenvalue weighted by molar-refractivity contribution is 7.89. The molecule has 0 fully saturated rings. The number of hydrogen-bond acceptors (Lipinski definition) is 4. The van der Waals surface area contributed by atoms with Gasteiger partial charge in [0.25, 0.3) is 10.0 Å². The molecular weight excluding hydrogens is 258 g/mol. The van der Waals surface area contributed by atoms with Gasteiger partial charge in [0.05, 0.1) is 0 Å². The van der Waals surface area contributed by atoms with Crippen molar-refractivity contribution in [2.24, 2.45) is 11.8 Å². The lowest BCUT2D eigenvalue weighted by Gasteiger charge is -2.15. The molecule has 6 nitrogen and oxygen atoms in total. The monoisotopic (exact) mass is 275 g/mol. The van der Waals surface area contributed by atoms with E-state index in [1.165, 1.54) is 0 Å². The summed E-state index contributed by atoms with van der Waals surface area (Å²) in [5, 5.41) is 8.27. The van der Waals surface area contributed by atoms with Gasteiger partial charge in [0.1, 0.15) is 0 Å². The van der Waals surface area contributed by atoms with Crippen LogP contribution in [0, 0.1) is 11.8 Å². The van der Waals surface area contributed by atoms with Gasteiger partial charge >= 0.3 is 5.97 Å². The van der Waals surface area contributed by atoms with Crippen LogP contribution in [0.15, 0.2) is 21.6 Å². The molecule has 7 heteroatoms. The van der Waals surface area contributed by atoms with Crippen molar-refractivity contribution in [3.05, 3.63) is 17.9 Å². The number of carboxylic acids is 1. The standard InChI is InChI=1S/C11H17NO5S/c1-7(2)8(3)6-12-18(15,16)10-5-4-9(17-10)11(13)14/h4-5,7-8,12H,6H2,1-3H3,(H,13,14). The molecule has 1 rings (SSSR count). The molecule has 0 saturated heterocycles. The van der Waals surface area contributed by atoms with Gasteiger partial charge in [-0.25, -0.2) is 17.9 Å². The normalized spacial score (nSPS) is 13.8. The van der Waals surface area contributed by atoms with Crippen molar-refractivity contribution in [1.29, 1.82) is 0 Å². The summed E-state index contributed by atoms with van der Waals surface area (Å²) < 4.78 is 30.7. The van der Waals surface area contributed by atoms with Crippen LogP contribution < -0.4 is 4.72 Å². The minimum absolute atomic E-state index is 0.175. The average molecular weight is 275 g/mol. The summed E-state index contributed by atoms with van der Waals surface area (Å²) in [4.78, 5) is 10.6. The fourth-order valence-corrected chi connectivity index (χ4v) is 2.20. The SMILES string of the molecule is CC(C)C(C)CNS(=O)(=O)c1ccc(C(=O)O)o1. The summed E-state index contributed by atoms with van der Waals surface area (Å²) in [7, 11) is -3.78. The summed E-state index contributed by atoms with van der Waals surface area (Å²) >= 11 is 0. The zero-order valence-corrected chi connectivity index (χ0v) is 11.3. The van der Waals surface area contributed by atoms with Crippen LogP contribution >= 0.6 is 0 Å². The lowest BCUT2D eigenvalue weighted by molar-refractivity contribution is 0.0656. The van der Waals surface area contributed by atoms with E-state index in [9.17, 15) is 13.2 Å². The number of carboxylic acid groups (broad SMARTS) is 1. The number of rotatable bonds is 6. The second-order valence-electron chi connectivity index (χ2n) is 4.50. The van der Waals surface area contributed by atoms with Crippen LogP contribution in [0.4, 0.5) is 0 Å². The Hall–Kier alpha value is -1.34. The molecule has 0 aliphatic carbocycles. The molecule has 1 atom stereocenters. The lowest BCUT2D eigenvalue weighted by Crippen LogP contribution is -2.30. The van der Waals surface area contributed by atoms with E-state index in [-0.39, 0.29) is 17.6 Å². The molecule has 1 aromatic heterocycles. The van der Waals surface area contributed by atoms with Crippen LogP contribution in [-0.2, 0) is 10.0 Å². The number of carbonyl (C=O) groups is 1. The summed E-state index contributed by atoms with van der Waals surface area (Å²) in [6, 6.07) is 2.24. The second-order valence-corrected chi connectivity index (χ2v) is 6.19. The summed E-state index contributed by atoms with van der Waals surface area (Å²) in [5.74, 6) is -1.17.